The van der Waals surface area contributed by atoms with Crippen molar-refractivity contribution in [1.29, 1.82) is 0 Å². The first-order valence-electron chi connectivity index (χ1n) is 11.2. The second-order valence-corrected chi connectivity index (χ2v) is 64.9. The molecule has 0 radical (unpaired) electrons. The van der Waals surface area contributed by atoms with E-state index in [-0.39, 0.29) is 6.08 Å². The van der Waals surface area contributed by atoms with E-state index in [0.29, 0.717) is 11.5 Å². The molecule has 0 aliphatic carbocycles. The van der Waals surface area contributed by atoms with Crippen LogP contribution in [0.1, 0.15) is 11.1 Å². The zero-order valence-corrected chi connectivity index (χ0v) is 26.6. The first-order chi connectivity index (χ1) is 17.8. The molecule has 38 heavy (non-hydrogen) atoms. The van der Waals surface area contributed by atoms with Gasteiger partial charge < -0.3 is 0 Å². The van der Waals surface area contributed by atoms with Crippen LogP contribution >= 0.6 is 53.0 Å². The Morgan fingerprint density at radius 3 is 1.34 bits per heavy atom. The zero-order valence-electron chi connectivity index (χ0n) is 19.5. The minimum absolute atomic E-state index is 0.209. The monoisotopic (exact) mass is 733 g/mol. The Hall–Kier alpha value is -1.68. The Balaban J connectivity index is 0.000000426. The molecule has 0 atom stereocenters. The first-order valence-corrected chi connectivity index (χ1v) is 30.6. The van der Waals surface area contributed by atoms with E-state index in [1.807, 2.05) is 121 Å². The summed E-state index contributed by atoms with van der Waals surface area (Å²) in [4.78, 5) is 4.81. The van der Waals surface area contributed by atoms with Crippen molar-refractivity contribution >= 4 is 73.9 Å². The van der Waals surface area contributed by atoms with Gasteiger partial charge in [-0.3, -0.25) is 0 Å². The third-order valence-corrected chi connectivity index (χ3v) is 4.95. The average molecular weight is 737 g/mol. The summed E-state index contributed by atoms with van der Waals surface area (Å²) in [5, 5.41) is 0. The van der Waals surface area contributed by atoms with E-state index in [2.05, 4.69) is 0 Å². The molecule has 0 N–H and O–H groups in total. The number of hydrogen-bond acceptors (Lipinski definition) is 2. The maximum Gasteiger partial charge on any atom is 0.644 e. The summed E-state index contributed by atoms with van der Waals surface area (Å²) < 4.78 is 12.3. The summed E-state index contributed by atoms with van der Waals surface area (Å²) in [5.41, 5.74) is 4.64. The molecule has 0 bridgehead atoms. The average Bonchev–Trinajstić information content (AvgIpc) is 3.32. The van der Waals surface area contributed by atoms with Crippen LogP contribution in [0.15, 0.2) is 135 Å². The second kappa shape index (κ2) is 11.4. The van der Waals surface area contributed by atoms with Gasteiger partial charge in [-0.2, -0.15) is 0 Å². The molecule has 0 saturated carbocycles. The fourth-order valence-corrected chi connectivity index (χ4v) is 3.47. The SMILES string of the molecule is [Cl][Sb-]([Cl])([Cl])([Cl])([Cl])[Cl].c1ccc(C(=Nc2oc(-c3ccccc3)c(-c3ccccc3)[o+]2)c2ccccc2)cc1. The van der Waals surface area contributed by atoms with Gasteiger partial charge in [0.2, 0.25) is 0 Å². The summed E-state index contributed by atoms with van der Waals surface area (Å²) in [6, 6.07) is 40.0. The molecule has 4 aromatic carbocycles. The number of rotatable bonds is 5. The number of hydrogen-bond donors (Lipinski definition) is 0. The topological polar surface area (TPSA) is 36.8 Å². The van der Waals surface area contributed by atoms with Crippen LogP contribution in [0.25, 0.3) is 22.6 Å². The maximum atomic E-state index is 6.17. The van der Waals surface area contributed by atoms with E-state index in [4.69, 9.17) is 66.8 Å². The van der Waals surface area contributed by atoms with E-state index in [1.54, 1.807) is 0 Å². The molecule has 5 rings (SSSR count). The van der Waals surface area contributed by atoms with Crippen LogP contribution < -0.4 is 0 Å². The summed E-state index contributed by atoms with van der Waals surface area (Å²) in [6.07, 6.45) is 0.209. The van der Waals surface area contributed by atoms with Crippen LogP contribution in [0.3, 0.4) is 0 Å². The Morgan fingerprint density at radius 2 is 0.921 bits per heavy atom. The van der Waals surface area contributed by atoms with Crippen molar-refractivity contribution in [3.8, 4) is 22.6 Å². The molecule has 0 unspecified atom stereocenters. The normalized spacial score (nSPS) is 12.9. The molecule has 1 aromatic heterocycles. The van der Waals surface area contributed by atoms with Crippen molar-refractivity contribution in [3.05, 3.63) is 132 Å². The number of aliphatic imine (C=N–C) groups is 1. The van der Waals surface area contributed by atoms with E-state index in [1.165, 1.54) is 0 Å². The van der Waals surface area contributed by atoms with Gasteiger partial charge in [-0.05, 0) is 24.3 Å². The van der Waals surface area contributed by atoms with Crippen molar-refractivity contribution in [2.45, 2.75) is 0 Å². The van der Waals surface area contributed by atoms with Crippen LogP contribution in [0, 0.1) is 0 Å². The predicted octanol–water partition coefficient (Wildman–Crippen LogP) is 11.4. The molecular weight excluding hydrogens is 717 g/mol. The van der Waals surface area contributed by atoms with Crippen molar-refractivity contribution in [1.82, 2.24) is 0 Å². The molecule has 0 saturated heterocycles. The summed E-state index contributed by atoms with van der Waals surface area (Å²) in [5.74, 6) is 1.32. The van der Waals surface area contributed by atoms with Gasteiger partial charge in [0, 0.05) is 11.1 Å². The molecule has 1 heterocycles. The minimum atomic E-state index is -5.42. The summed E-state index contributed by atoms with van der Waals surface area (Å²) >= 11 is 0. The Morgan fingerprint density at radius 1 is 0.553 bits per heavy atom. The fraction of sp³-hybridized carbons (Fsp3) is 0. The maximum absolute atomic E-state index is 6.17. The van der Waals surface area contributed by atoms with Crippen molar-refractivity contribution < 1.29 is 8.83 Å². The molecule has 0 amide bonds. The molecule has 5 aromatic rings. The van der Waals surface area contributed by atoms with Crippen LogP contribution in [-0.2, 0) is 0 Å². The largest absolute Gasteiger partial charge is 0.644 e. The molecule has 10 heteroatoms. The quantitative estimate of drug-likeness (QED) is 0.102. The second-order valence-electron chi connectivity index (χ2n) is 8.01. The number of nitrogens with zero attached hydrogens (tertiary/aromatic N) is 1. The van der Waals surface area contributed by atoms with Gasteiger partial charge in [-0.15, -0.1) is 4.99 Å². The van der Waals surface area contributed by atoms with E-state index in [9.17, 15) is 0 Å². The first kappa shape index (κ1) is 29.3. The molecule has 0 aliphatic heterocycles. The van der Waals surface area contributed by atoms with Gasteiger partial charge in [-0.1, -0.05) is 97.1 Å². The standard InChI is InChI=1S/C28H20NO2.6ClH.Sb/c1-5-13-21(14-6-1)25(22-15-7-2-8-16-22)29-28-30-26(23-17-9-3-10-18-23)27(31-28)24-19-11-4-12-20-24;;;;;;;/h1-20H;6*1H;/q+1;;;;;;;+5/p-6. The van der Waals surface area contributed by atoms with Crippen molar-refractivity contribution in [3.63, 3.8) is 0 Å². The minimum Gasteiger partial charge on any atom is -0.248 e. The van der Waals surface area contributed by atoms with Crippen molar-refractivity contribution in [2.24, 2.45) is 4.99 Å². The number of benzene rings is 4. The molecule has 0 spiro atoms. The molecular formula is C28H20Cl6NO2Sb. The predicted molar refractivity (Wildman–Crippen MR) is 165 cm³/mol. The van der Waals surface area contributed by atoms with Gasteiger partial charge in [-0.25, -0.2) is 8.83 Å². The van der Waals surface area contributed by atoms with Crippen LogP contribution in [0.5, 0.6) is 0 Å². The van der Waals surface area contributed by atoms with Crippen LogP contribution in [-0.4, -0.2) is 14.9 Å². The van der Waals surface area contributed by atoms with Crippen LogP contribution in [0.2, 0.25) is 0 Å². The smallest absolute Gasteiger partial charge is 0.248 e. The molecule has 196 valence electrons. The van der Waals surface area contributed by atoms with E-state index in [0.717, 1.165) is 28.0 Å². The number of halogens is 6. The third kappa shape index (κ3) is 9.81. The van der Waals surface area contributed by atoms with Gasteiger partial charge in [0.25, 0.3) is 0 Å². The Kier molecular flexibility index (Phi) is 8.82. The molecule has 0 aliphatic rings. The zero-order chi connectivity index (χ0) is 27.3. The van der Waals surface area contributed by atoms with Gasteiger partial charge in [0.15, 0.2) is 0 Å². The van der Waals surface area contributed by atoms with Gasteiger partial charge >= 0.3 is 79.7 Å². The van der Waals surface area contributed by atoms with Crippen LogP contribution in [0.4, 0.5) is 6.08 Å². The van der Waals surface area contributed by atoms with Gasteiger partial charge in [0.05, 0.1) is 16.8 Å². The Bertz CT molecular complexity index is 1410. The molecule has 0 fully saturated rings. The van der Waals surface area contributed by atoms with E-state index >= 15 is 0 Å². The van der Waals surface area contributed by atoms with E-state index < -0.39 is 9.14 Å². The van der Waals surface area contributed by atoms with Gasteiger partial charge in [0.1, 0.15) is 0 Å². The summed E-state index contributed by atoms with van der Waals surface area (Å²) in [7, 11) is 25.0. The van der Waals surface area contributed by atoms with Crippen molar-refractivity contribution in [2.75, 3.05) is 0 Å². The third-order valence-electron chi connectivity index (χ3n) is 4.95. The summed E-state index contributed by atoms with van der Waals surface area (Å²) in [6.45, 7) is 0. The Labute approximate surface area is 240 Å². The molecule has 3 nitrogen and oxygen atoms in total. The fourth-order valence-electron chi connectivity index (χ4n) is 3.47.